The van der Waals surface area contributed by atoms with Crippen molar-refractivity contribution in [2.24, 2.45) is 0 Å². The Morgan fingerprint density at radius 2 is 1.66 bits per heavy atom. The quantitative estimate of drug-likeness (QED) is 0.651. The van der Waals surface area contributed by atoms with Crippen molar-refractivity contribution in [2.45, 2.75) is 51.7 Å². The van der Waals surface area contributed by atoms with E-state index in [4.69, 9.17) is 9.47 Å². The fraction of sp³-hybridized carbons (Fsp3) is 0.500. The zero-order valence-electron chi connectivity index (χ0n) is 18.8. The Bertz CT molecular complexity index is 1060. The number of fused-ring (bicyclic) bond motifs is 1. The van der Waals surface area contributed by atoms with Crippen LogP contribution in [0.3, 0.4) is 0 Å². The number of ether oxygens (including phenoxy) is 2. The molecule has 8 heteroatoms. The first kappa shape index (κ1) is 20.9. The third-order valence-electron chi connectivity index (χ3n) is 6.18. The van der Waals surface area contributed by atoms with Gasteiger partial charge in [0.15, 0.2) is 0 Å². The van der Waals surface area contributed by atoms with E-state index in [9.17, 15) is 0 Å². The van der Waals surface area contributed by atoms with Crippen LogP contribution in [0, 0.1) is 13.8 Å². The molecular weight excluding hydrogens is 404 g/mol. The average molecular weight is 435 g/mol. The summed E-state index contributed by atoms with van der Waals surface area (Å²) in [5.74, 6) is 1.55. The molecule has 2 aromatic heterocycles. The summed E-state index contributed by atoms with van der Waals surface area (Å²) in [6.45, 7) is 7.25. The molecule has 1 saturated carbocycles. The number of hydrogen-bond donors (Lipinski definition) is 1. The molecule has 0 radical (unpaired) electrons. The Balaban J connectivity index is 1.27. The minimum absolute atomic E-state index is 0.165. The van der Waals surface area contributed by atoms with Gasteiger partial charge in [0, 0.05) is 54.7 Å². The highest BCUT2D eigenvalue weighted by Crippen LogP contribution is 2.33. The van der Waals surface area contributed by atoms with Crippen molar-refractivity contribution in [3.05, 3.63) is 42.0 Å². The first-order valence-electron chi connectivity index (χ1n) is 11.5. The van der Waals surface area contributed by atoms with Gasteiger partial charge in [0.2, 0.25) is 5.95 Å². The fourth-order valence-electron chi connectivity index (χ4n) is 4.60. The van der Waals surface area contributed by atoms with Crippen molar-refractivity contribution >= 4 is 22.7 Å². The molecule has 0 bridgehead atoms. The van der Waals surface area contributed by atoms with Crippen LogP contribution in [0.1, 0.15) is 37.1 Å². The van der Waals surface area contributed by atoms with Gasteiger partial charge in [0.25, 0.3) is 0 Å². The van der Waals surface area contributed by atoms with E-state index >= 15 is 0 Å². The second-order valence-electron chi connectivity index (χ2n) is 8.68. The van der Waals surface area contributed by atoms with Gasteiger partial charge in [-0.2, -0.15) is 0 Å². The van der Waals surface area contributed by atoms with Gasteiger partial charge in [-0.05, 0) is 51.7 Å². The third kappa shape index (κ3) is 4.75. The van der Waals surface area contributed by atoms with Gasteiger partial charge in [-0.3, -0.25) is 4.98 Å². The van der Waals surface area contributed by atoms with Crippen LogP contribution in [0.25, 0.3) is 11.0 Å². The van der Waals surface area contributed by atoms with Gasteiger partial charge in [-0.1, -0.05) is 0 Å². The van der Waals surface area contributed by atoms with Crippen molar-refractivity contribution in [1.29, 1.82) is 0 Å². The van der Waals surface area contributed by atoms with Crippen LogP contribution in [-0.2, 0) is 4.74 Å². The number of nitrogens with zero attached hydrogens (tertiary/aromatic N) is 5. The highest BCUT2D eigenvalue weighted by atomic mass is 16.5. The van der Waals surface area contributed by atoms with Gasteiger partial charge in [-0.15, -0.1) is 0 Å². The molecule has 3 heterocycles. The molecule has 2 fully saturated rings. The molecule has 2 aliphatic rings. The van der Waals surface area contributed by atoms with E-state index in [0.29, 0.717) is 6.04 Å². The van der Waals surface area contributed by atoms with E-state index in [2.05, 4.69) is 42.3 Å². The van der Waals surface area contributed by atoms with Crippen LogP contribution in [0.15, 0.2) is 30.6 Å². The molecule has 0 atom stereocenters. The summed E-state index contributed by atoms with van der Waals surface area (Å²) in [6.07, 6.45) is 7.63. The van der Waals surface area contributed by atoms with E-state index in [-0.39, 0.29) is 6.10 Å². The van der Waals surface area contributed by atoms with E-state index in [1.807, 2.05) is 19.9 Å². The minimum Gasteiger partial charge on any atom is -0.488 e. The summed E-state index contributed by atoms with van der Waals surface area (Å²) in [4.78, 5) is 20.5. The average Bonchev–Trinajstić information content (AvgIpc) is 2.80. The lowest BCUT2D eigenvalue weighted by Gasteiger charge is -2.31. The smallest absolute Gasteiger partial charge is 0.223 e. The number of aromatic nitrogens is 4. The van der Waals surface area contributed by atoms with Crippen LogP contribution in [0.5, 0.6) is 5.75 Å². The molecule has 32 heavy (non-hydrogen) atoms. The summed E-state index contributed by atoms with van der Waals surface area (Å²) in [5.41, 5.74) is 4.80. The Hall–Kier alpha value is -3.00. The first-order valence-corrected chi connectivity index (χ1v) is 11.5. The summed E-state index contributed by atoms with van der Waals surface area (Å²) >= 11 is 0. The Labute approximate surface area is 188 Å². The zero-order chi connectivity index (χ0) is 21.9. The Morgan fingerprint density at radius 3 is 2.41 bits per heavy atom. The molecule has 1 aliphatic carbocycles. The number of rotatable bonds is 5. The van der Waals surface area contributed by atoms with Crippen LogP contribution < -0.4 is 15.0 Å². The van der Waals surface area contributed by atoms with Crippen LogP contribution in [-0.4, -0.2) is 58.4 Å². The maximum atomic E-state index is 6.52. The number of benzene rings is 1. The second kappa shape index (κ2) is 9.24. The molecule has 8 nitrogen and oxygen atoms in total. The predicted molar refractivity (Wildman–Crippen MR) is 124 cm³/mol. The monoisotopic (exact) mass is 434 g/mol. The van der Waals surface area contributed by atoms with E-state index in [1.54, 1.807) is 12.4 Å². The first-order chi connectivity index (χ1) is 15.6. The lowest BCUT2D eigenvalue weighted by Crippen LogP contribution is -2.36. The molecule has 0 amide bonds. The number of anilines is 2. The summed E-state index contributed by atoms with van der Waals surface area (Å²) < 4.78 is 12.0. The van der Waals surface area contributed by atoms with Gasteiger partial charge in [0.05, 0.1) is 24.8 Å². The van der Waals surface area contributed by atoms with E-state index < -0.39 is 0 Å². The molecule has 1 N–H and O–H groups in total. The maximum Gasteiger partial charge on any atom is 0.223 e. The highest BCUT2D eigenvalue weighted by molar-refractivity contribution is 5.85. The summed E-state index contributed by atoms with van der Waals surface area (Å²) in [7, 11) is 0. The number of morpholine rings is 1. The zero-order valence-corrected chi connectivity index (χ0v) is 18.8. The minimum atomic E-state index is 0.165. The van der Waals surface area contributed by atoms with Gasteiger partial charge < -0.3 is 19.7 Å². The second-order valence-corrected chi connectivity index (χ2v) is 8.68. The molecule has 5 rings (SSSR count). The van der Waals surface area contributed by atoms with Gasteiger partial charge in [0.1, 0.15) is 11.3 Å². The summed E-state index contributed by atoms with van der Waals surface area (Å²) in [6, 6.07) is 6.59. The standard InChI is InChI=1S/C24H30N6O2/c1-16-13-17(2)28-24(27-16)29-18-3-5-20(6-4-18)32-22-15-19(30-9-11-31-12-10-30)14-21-23(22)26-8-7-25-21/h7-8,13-15,18,20H,3-6,9-12H2,1-2H3,(H,27,28,29). The van der Waals surface area contributed by atoms with Crippen molar-refractivity contribution in [2.75, 3.05) is 36.5 Å². The Kier molecular flexibility index (Phi) is 6.03. The van der Waals surface area contributed by atoms with Crippen molar-refractivity contribution in [3.63, 3.8) is 0 Å². The SMILES string of the molecule is Cc1cc(C)nc(NC2CCC(Oc3cc(N4CCOCC4)cc4nccnc34)CC2)n1. The normalized spacial score (nSPS) is 21.5. The topological polar surface area (TPSA) is 85.3 Å². The van der Waals surface area contributed by atoms with Gasteiger partial charge in [-0.25, -0.2) is 15.0 Å². The Morgan fingerprint density at radius 1 is 0.938 bits per heavy atom. The number of hydrogen-bond acceptors (Lipinski definition) is 8. The lowest BCUT2D eigenvalue weighted by molar-refractivity contribution is 0.122. The lowest BCUT2D eigenvalue weighted by atomic mass is 9.93. The third-order valence-corrected chi connectivity index (χ3v) is 6.18. The van der Waals surface area contributed by atoms with Crippen LogP contribution in [0.2, 0.25) is 0 Å². The van der Waals surface area contributed by atoms with E-state index in [1.165, 1.54) is 0 Å². The molecule has 1 saturated heterocycles. The van der Waals surface area contributed by atoms with Crippen LogP contribution >= 0.6 is 0 Å². The maximum absolute atomic E-state index is 6.52. The molecule has 3 aromatic rings. The summed E-state index contributed by atoms with van der Waals surface area (Å²) in [5, 5.41) is 3.51. The molecule has 1 aliphatic heterocycles. The fourth-order valence-corrected chi connectivity index (χ4v) is 4.60. The van der Waals surface area contributed by atoms with E-state index in [0.717, 1.165) is 91.8 Å². The molecule has 0 spiro atoms. The molecular formula is C24H30N6O2. The van der Waals surface area contributed by atoms with Gasteiger partial charge >= 0.3 is 0 Å². The molecule has 168 valence electrons. The largest absolute Gasteiger partial charge is 0.488 e. The molecule has 0 unspecified atom stereocenters. The van der Waals surface area contributed by atoms with Crippen LogP contribution in [0.4, 0.5) is 11.6 Å². The number of nitrogens with one attached hydrogen (secondary N) is 1. The van der Waals surface area contributed by atoms with Crippen molar-refractivity contribution < 1.29 is 9.47 Å². The predicted octanol–water partition coefficient (Wildman–Crippen LogP) is 3.68. The van der Waals surface area contributed by atoms with Crippen molar-refractivity contribution in [1.82, 2.24) is 19.9 Å². The van der Waals surface area contributed by atoms with Crippen molar-refractivity contribution in [3.8, 4) is 5.75 Å². The molecule has 1 aromatic carbocycles. The highest BCUT2D eigenvalue weighted by Gasteiger charge is 2.24. The number of aryl methyl sites for hydroxylation is 2.